The van der Waals surface area contributed by atoms with Gasteiger partial charge in [0.25, 0.3) is 0 Å². The van der Waals surface area contributed by atoms with Gasteiger partial charge in [0.05, 0.1) is 5.69 Å². The Hall–Kier alpha value is -3.36. The second kappa shape index (κ2) is 11.2. The zero-order valence-corrected chi connectivity index (χ0v) is 20.4. The summed E-state index contributed by atoms with van der Waals surface area (Å²) in [4.78, 5) is 15.6. The summed E-state index contributed by atoms with van der Waals surface area (Å²) < 4.78 is 33.8. The number of carboxylic acid groups (broad SMARTS) is 1. The van der Waals surface area contributed by atoms with E-state index in [0.717, 1.165) is 41.7 Å². The Bertz CT molecular complexity index is 1180. The molecule has 3 aromatic rings. The van der Waals surface area contributed by atoms with Gasteiger partial charge < -0.3 is 10.0 Å². The Morgan fingerprint density at radius 1 is 1.21 bits per heavy atom. The van der Waals surface area contributed by atoms with Gasteiger partial charge in [-0.25, -0.2) is 9.78 Å². The van der Waals surface area contributed by atoms with E-state index in [-0.39, 0.29) is 0 Å². The van der Waals surface area contributed by atoms with Gasteiger partial charge in [0.1, 0.15) is 11.3 Å². The molecule has 0 amide bonds. The number of hydrogen-bond donors (Lipinski definition) is 1. The largest absolute Gasteiger partial charge is 0.490 e. The number of benzene rings is 1. The highest BCUT2D eigenvalue weighted by Crippen LogP contribution is 2.35. The number of hydrogen-bond acceptors (Lipinski definition) is 4. The number of anilines is 1. The molecule has 0 fully saturated rings. The van der Waals surface area contributed by atoms with Gasteiger partial charge in [0.15, 0.2) is 0 Å². The second-order valence-electron chi connectivity index (χ2n) is 8.12. The Labute approximate surface area is 197 Å². The number of aryl methyl sites for hydroxylation is 2. The van der Waals surface area contributed by atoms with E-state index in [9.17, 15) is 13.2 Å². The first-order chi connectivity index (χ1) is 15.9. The van der Waals surface area contributed by atoms with Crippen LogP contribution in [0.25, 0.3) is 27.6 Å². The third-order valence-electron chi connectivity index (χ3n) is 5.23. The van der Waals surface area contributed by atoms with Crippen LogP contribution >= 0.6 is 0 Å². The molecule has 0 aliphatic heterocycles. The molecule has 0 aliphatic rings. The minimum atomic E-state index is -5.08. The second-order valence-corrected chi connectivity index (χ2v) is 8.12. The number of alkyl halides is 3. The molecule has 0 saturated heterocycles. The average molecular weight is 477 g/mol. The molecule has 9 heteroatoms. The summed E-state index contributed by atoms with van der Waals surface area (Å²) in [5.41, 5.74) is 7.19. The predicted octanol–water partition coefficient (Wildman–Crippen LogP) is 6.24. The first-order valence-corrected chi connectivity index (χ1v) is 11.0. The van der Waals surface area contributed by atoms with Crippen LogP contribution in [0.5, 0.6) is 0 Å². The summed E-state index contributed by atoms with van der Waals surface area (Å²) in [5.74, 6) is -1.78. The molecule has 0 radical (unpaired) electrons. The summed E-state index contributed by atoms with van der Waals surface area (Å²) in [6, 6.07) is 8.62. The van der Waals surface area contributed by atoms with Crippen molar-refractivity contribution in [3.8, 4) is 11.1 Å². The maximum Gasteiger partial charge on any atom is 0.490 e. The van der Waals surface area contributed by atoms with Crippen molar-refractivity contribution in [2.24, 2.45) is 7.05 Å². The highest BCUT2D eigenvalue weighted by molar-refractivity contribution is 6.00. The third-order valence-corrected chi connectivity index (χ3v) is 5.23. The van der Waals surface area contributed by atoms with Crippen LogP contribution in [0.1, 0.15) is 44.4 Å². The lowest BCUT2D eigenvalue weighted by atomic mass is 9.97. The van der Waals surface area contributed by atoms with Crippen LogP contribution in [-0.4, -0.2) is 46.1 Å². The van der Waals surface area contributed by atoms with E-state index in [1.54, 1.807) is 0 Å². The summed E-state index contributed by atoms with van der Waals surface area (Å²) in [5, 5.41) is 13.3. The van der Waals surface area contributed by atoms with E-state index in [1.807, 2.05) is 29.9 Å². The fraction of sp³-hybridized carbons (Fsp3) is 0.400. The van der Waals surface area contributed by atoms with E-state index in [2.05, 4.69) is 63.1 Å². The number of halogens is 3. The summed E-state index contributed by atoms with van der Waals surface area (Å²) >= 11 is 0. The van der Waals surface area contributed by atoms with E-state index in [1.165, 1.54) is 22.2 Å². The van der Waals surface area contributed by atoms with Crippen LogP contribution in [0.2, 0.25) is 0 Å². The molecule has 0 atom stereocenters. The maximum atomic E-state index is 10.6. The van der Waals surface area contributed by atoms with Crippen molar-refractivity contribution < 1.29 is 23.1 Å². The van der Waals surface area contributed by atoms with Crippen LogP contribution in [0, 0.1) is 6.92 Å². The molecule has 2 heterocycles. The third kappa shape index (κ3) is 6.15. The normalized spacial score (nSPS) is 11.9. The quantitative estimate of drug-likeness (QED) is 0.456. The lowest BCUT2D eigenvalue weighted by molar-refractivity contribution is -0.192. The summed E-state index contributed by atoms with van der Waals surface area (Å²) in [6.07, 6.45) is 2.47. The Morgan fingerprint density at radius 3 is 2.35 bits per heavy atom. The molecule has 1 N–H and O–H groups in total. The monoisotopic (exact) mass is 476 g/mol. The number of carboxylic acids is 1. The Morgan fingerprint density at radius 2 is 1.85 bits per heavy atom. The van der Waals surface area contributed by atoms with Gasteiger partial charge in [-0.3, -0.25) is 4.68 Å². The number of fused-ring (bicyclic) bond motifs is 1. The molecular weight excluding hydrogens is 445 g/mol. The number of aromatic nitrogens is 3. The molecule has 1 aromatic carbocycles. The van der Waals surface area contributed by atoms with Crippen LogP contribution in [-0.2, 0) is 11.8 Å². The molecule has 34 heavy (non-hydrogen) atoms. The Kier molecular flexibility index (Phi) is 8.84. The van der Waals surface area contributed by atoms with Gasteiger partial charge in [-0.2, -0.15) is 18.3 Å². The van der Waals surface area contributed by atoms with Crippen molar-refractivity contribution in [1.82, 2.24) is 14.8 Å². The smallest absolute Gasteiger partial charge is 0.475 e. The van der Waals surface area contributed by atoms with Gasteiger partial charge >= 0.3 is 12.1 Å². The van der Waals surface area contributed by atoms with Crippen molar-refractivity contribution in [3.05, 3.63) is 47.8 Å². The number of carbonyl (C=O) groups is 1. The molecular formula is C25H31F3N4O2. The first kappa shape index (κ1) is 26.9. The first-order valence-electron chi connectivity index (χ1n) is 11.0. The average Bonchev–Trinajstić information content (AvgIpc) is 3.09. The lowest BCUT2D eigenvalue weighted by Crippen LogP contribution is -2.21. The van der Waals surface area contributed by atoms with Crippen molar-refractivity contribution in [1.29, 1.82) is 0 Å². The van der Waals surface area contributed by atoms with Crippen molar-refractivity contribution in [2.75, 3.05) is 19.0 Å². The van der Waals surface area contributed by atoms with Crippen LogP contribution in [0.3, 0.4) is 0 Å². The number of allylic oxidation sites excluding steroid dienone is 2. The van der Waals surface area contributed by atoms with E-state index in [4.69, 9.17) is 15.0 Å². The molecule has 0 aliphatic carbocycles. The SMILES string of the molecule is CC/C=C(\CCC)c1c2cccc(-c3cnc(N(C)C)cc3C)c2nn1C.O=C(O)C(F)(F)F. The molecule has 0 bridgehead atoms. The molecule has 2 aromatic heterocycles. The zero-order valence-electron chi connectivity index (χ0n) is 20.4. The summed E-state index contributed by atoms with van der Waals surface area (Å²) in [6.45, 7) is 6.57. The fourth-order valence-electron chi connectivity index (χ4n) is 3.72. The molecule has 0 saturated carbocycles. The number of pyridine rings is 1. The van der Waals surface area contributed by atoms with Crippen LogP contribution in [0.15, 0.2) is 36.5 Å². The topological polar surface area (TPSA) is 71.2 Å². The van der Waals surface area contributed by atoms with Crippen molar-refractivity contribution >= 4 is 28.3 Å². The number of nitrogens with zero attached hydrogens (tertiary/aromatic N) is 4. The maximum absolute atomic E-state index is 10.6. The van der Waals surface area contributed by atoms with Crippen molar-refractivity contribution in [3.63, 3.8) is 0 Å². The van der Waals surface area contributed by atoms with Gasteiger partial charge in [0.2, 0.25) is 0 Å². The summed E-state index contributed by atoms with van der Waals surface area (Å²) in [7, 11) is 6.09. The highest BCUT2D eigenvalue weighted by Gasteiger charge is 2.38. The minimum absolute atomic E-state index is 0.973. The molecule has 3 rings (SSSR count). The molecule has 6 nitrogen and oxygen atoms in total. The van der Waals surface area contributed by atoms with Crippen LogP contribution < -0.4 is 4.90 Å². The Balaban J connectivity index is 0.000000509. The van der Waals surface area contributed by atoms with E-state index in [0.29, 0.717) is 0 Å². The zero-order chi connectivity index (χ0) is 25.6. The van der Waals surface area contributed by atoms with Gasteiger partial charge in [0, 0.05) is 43.9 Å². The number of aliphatic carboxylic acids is 1. The van der Waals surface area contributed by atoms with Crippen molar-refractivity contribution in [2.45, 2.75) is 46.2 Å². The van der Waals surface area contributed by atoms with Gasteiger partial charge in [-0.05, 0) is 37.0 Å². The molecule has 0 spiro atoms. The van der Waals surface area contributed by atoms with Crippen LogP contribution in [0.4, 0.5) is 19.0 Å². The van der Waals surface area contributed by atoms with Gasteiger partial charge in [-0.15, -0.1) is 0 Å². The van der Waals surface area contributed by atoms with Gasteiger partial charge in [-0.1, -0.05) is 44.5 Å². The predicted molar refractivity (Wildman–Crippen MR) is 130 cm³/mol. The standard InChI is InChI=1S/C23H30N4.C2HF3O2/c1-7-10-17(11-8-2)23-19-13-9-12-18(22(19)25-27(23)6)20-15-24-21(26(4)5)14-16(20)3;3-2(4,5)1(6)7/h9-10,12-15H,7-8,11H2,1-6H3;(H,6,7)/b17-10+;. The molecule has 184 valence electrons. The fourth-order valence-corrected chi connectivity index (χ4v) is 3.72. The highest BCUT2D eigenvalue weighted by atomic mass is 19.4. The lowest BCUT2D eigenvalue weighted by Gasteiger charge is -2.14. The minimum Gasteiger partial charge on any atom is -0.475 e. The van der Waals surface area contributed by atoms with E-state index >= 15 is 0 Å². The molecule has 0 unspecified atom stereocenters. The number of rotatable bonds is 6. The van der Waals surface area contributed by atoms with E-state index < -0.39 is 12.1 Å².